The second kappa shape index (κ2) is 11.2. The first kappa shape index (κ1) is 26.5. The Morgan fingerprint density at radius 1 is 0.615 bits per heavy atom. The maximum absolute atomic E-state index is 12.6. The number of benzene rings is 4. The molecule has 4 rings (SSSR count). The van der Waals surface area contributed by atoms with Gasteiger partial charge in [0.15, 0.2) is 0 Å². The summed E-state index contributed by atoms with van der Waals surface area (Å²) in [6.45, 7) is 3.39. The molecule has 0 radical (unpaired) electrons. The molecule has 39 heavy (non-hydrogen) atoms. The topological polar surface area (TPSA) is 154 Å². The average Bonchev–Trinajstić information content (AvgIpc) is 2.91. The Labute approximate surface area is 222 Å². The lowest BCUT2D eigenvalue weighted by Crippen LogP contribution is -2.13. The fraction of sp³-hybridized carbons (Fsp3) is 0.0714. The lowest BCUT2D eigenvalue weighted by Gasteiger charge is -2.11. The fourth-order valence-electron chi connectivity index (χ4n) is 3.68. The van der Waals surface area contributed by atoms with Crippen LogP contribution in [0.4, 0.5) is 22.7 Å². The number of hydrogen-bond donors (Lipinski definition) is 2. The summed E-state index contributed by atoms with van der Waals surface area (Å²) in [5.74, 6) is 0.0395. The van der Waals surface area contributed by atoms with Crippen molar-refractivity contribution in [3.8, 4) is 11.5 Å². The highest BCUT2D eigenvalue weighted by atomic mass is 16.6. The van der Waals surface area contributed by atoms with Gasteiger partial charge in [0.05, 0.1) is 9.85 Å². The highest BCUT2D eigenvalue weighted by molar-refractivity contribution is 6.06. The second-order valence-corrected chi connectivity index (χ2v) is 8.57. The van der Waals surface area contributed by atoms with Gasteiger partial charge in [-0.15, -0.1) is 0 Å². The molecule has 2 amide bonds. The Hall–Kier alpha value is -5.58. The van der Waals surface area contributed by atoms with Crippen LogP contribution in [0.1, 0.15) is 31.8 Å². The lowest BCUT2D eigenvalue weighted by atomic mass is 10.1. The molecule has 0 saturated heterocycles. The Bertz CT molecular complexity index is 1460. The standard InChI is InChI=1S/C28H22N4O7/c1-17-3-9-21(31(35)36)15-25(17)27(33)29-19-5-11-23(12-6-19)39-24-13-7-20(8-14-24)30-28(34)26-16-22(32(37)38)10-4-18(26)2/h3-16H,1-2H3,(H,29,33)(H,30,34). The van der Waals surface area contributed by atoms with Gasteiger partial charge < -0.3 is 15.4 Å². The van der Waals surface area contributed by atoms with Crippen molar-refractivity contribution in [3.05, 3.63) is 127 Å². The third kappa shape index (κ3) is 6.41. The van der Waals surface area contributed by atoms with Crippen molar-refractivity contribution in [1.82, 2.24) is 0 Å². The first-order chi connectivity index (χ1) is 18.6. The molecule has 0 fully saturated rings. The SMILES string of the molecule is Cc1ccc([N+](=O)[O-])cc1C(=O)Nc1ccc(Oc2ccc(NC(=O)c3cc([N+](=O)[O-])ccc3C)cc2)cc1. The number of nitrogens with zero attached hydrogens (tertiary/aromatic N) is 2. The molecule has 11 heteroatoms. The first-order valence-corrected chi connectivity index (χ1v) is 11.6. The molecule has 11 nitrogen and oxygen atoms in total. The number of aryl methyl sites for hydroxylation is 2. The Morgan fingerprint density at radius 3 is 1.31 bits per heavy atom. The van der Waals surface area contributed by atoms with Crippen molar-refractivity contribution >= 4 is 34.6 Å². The number of carbonyl (C=O) groups is 2. The minimum Gasteiger partial charge on any atom is -0.457 e. The largest absolute Gasteiger partial charge is 0.457 e. The molecule has 0 aliphatic heterocycles. The molecular weight excluding hydrogens is 504 g/mol. The Balaban J connectivity index is 1.37. The van der Waals surface area contributed by atoms with Gasteiger partial charge in [-0.25, -0.2) is 0 Å². The number of nitro benzene ring substituents is 2. The monoisotopic (exact) mass is 526 g/mol. The van der Waals surface area contributed by atoms with Gasteiger partial charge in [-0.2, -0.15) is 0 Å². The van der Waals surface area contributed by atoms with Gasteiger partial charge in [0.25, 0.3) is 23.2 Å². The molecule has 0 aliphatic rings. The number of carbonyl (C=O) groups excluding carboxylic acids is 2. The van der Waals surface area contributed by atoms with E-state index >= 15 is 0 Å². The van der Waals surface area contributed by atoms with Crippen LogP contribution in [0.3, 0.4) is 0 Å². The quantitative estimate of drug-likeness (QED) is 0.198. The highest BCUT2D eigenvalue weighted by Gasteiger charge is 2.16. The van der Waals surface area contributed by atoms with Gasteiger partial charge in [0, 0.05) is 46.8 Å². The first-order valence-electron chi connectivity index (χ1n) is 11.6. The summed E-state index contributed by atoms with van der Waals surface area (Å²) in [7, 11) is 0. The number of anilines is 2. The third-order valence-corrected chi connectivity index (χ3v) is 5.81. The van der Waals surface area contributed by atoms with Crippen LogP contribution < -0.4 is 15.4 Å². The molecule has 0 saturated carbocycles. The summed E-state index contributed by atoms with van der Waals surface area (Å²) >= 11 is 0. The molecule has 4 aromatic carbocycles. The third-order valence-electron chi connectivity index (χ3n) is 5.81. The van der Waals surface area contributed by atoms with Crippen LogP contribution in [-0.2, 0) is 0 Å². The van der Waals surface area contributed by atoms with Crippen LogP contribution in [0.25, 0.3) is 0 Å². The summed E-state index contributed by atoms with van der Waals surface area (Å²) < 4.78 is 5.81. The summed E-state index contributed by atoms with van der Waals surface area (Å²) in [4.78, 5) is 46.2. The number of non-ortho nitro benzene ring substituents is 2. The molecule has 2 N–H and O–H groups in total. The van der Waals surface area contributed by atoms with E-state index in [4.69, 9.17) is 4.74 Å². The van der Waals surface area contributed by atoms with Gasteiger partial charge >= 0.3 is 0 Å². The summed E-state index contributed by atoms with van der Waals surface area (Å²) in [6, 6.07) is 21.3. The van der Waals surface area contributed by atoms with Crippen molar-refractivity contribution < 1.29 is 24.2 Å². The second-order valence-electron chi connectivity index (χ2n) is 8.57. The maximum atomic E-state index is 12.6. The summed E-state index contributed by atoms with van der Waals surface area (Å²) in [6.07, 6.45) is 0. The van der Waals surface area contributed by atoms with Crippen molar-refractivity contribution in [3.63, 3.8) is 0 Å². The van der Waals surface area contributed by atoms with E-state index < -0.39 is 21.7 Å². The molecule has 0 unspecified atom stereocenters. The highest BCUT2D eigenvalue weighted by Crippen LogP contribution is 2.26. The number of nitrogens with one attached hydrogen (secondary N) is 2. The van der Waals surface area contributed by atoms with Crippen LogP contribution in [-0.4, -0.2) is 21.7 Å². The van der Waals surface area contributed by atoms with Crippen molar-refractivity contribution in [2.24, 2.45) is 0 Å². The number of hydrogen-bond acceptors (Lipinski definition) is 7. The van der Waals surface area contributed by atoms with E-state index in [-0.39, 0.29) is 22.5 Å². The molecule has 0 aromatic heterocycles. The van der Waals surface area contributed by atoms with Crippen LogP contribution in [0.2, 0.25) is 0 Å². The smallest absolute Gasteiger partial charge is 0.270 e. The predicted molar refractivity (Wildman–Crippen MR) is 145 cm³/mol. The number of ether oxygens (including phenoxy) is 1. The number of rotatable bonds is 8. The summed E-state index contributed by atoms with van der Waals surface area (Å²) in [5, 5.41) is 27.5. The van der Waals surface area contributed by atoms with Crippen LogP contribution >= 0.6 is 0 Å². The van der Waals surface area contributed by atoms with Gasteiger partial charge in [0.1, 0.15) is 11.5 Å². The molecule has 0 aliphatic carbocycles. The van der Waals surface area contributed by atoms with Crippen molar-refractivity contribution in [1.29, 1.82) is 0 Å². The van der Waals surface area contributed by atoms with E-state index in [9.17, 15) is 29.8 Å². The average molecular weight is 527 g/mol. The van der Waals surface area contributed by atoms with Crippen LogP contribution in [0.15, 0.2) is 84.9 Å². The normalized spacial score (nSPS) is 10.4. The van der Waals surface area contributed by atoms with Crippen molar-refractivity contribution in [2.45, 2.75) is 13.8 Å². The molecule has 4 aromatic rings. The zero-order valence-corrected chi connectivity index (χ0v) is 20.8. The minimum absolute atomic E-state index is 0.167. The molecule has 196 valence electrons. The number of nitro groups is 2. The summed E-state index contributed by atoms with van der Waals surface area (Å²) in [5.41, 5.74) is 2.25. The molecule has 0 atom stereocenters. The van der Waals surface area contributed by atoms with E-state index in [0.29, 0.717) is 34.0 Å². The van der Waals surface area contributed by atoms with E-state index in [1.165, 1.54) is 36.4 Å². The zero-order chi connectivity index (χ0) is 28.1. The van der Waals surface area contributed by atoms with Crippen LogP contribution in [0.5, 0.6) is 11.5 Å². The van der Waals surface area contributed by atoms with Crippen molar-refractivity contribution in [2.75, 3.05) is 10.6 Å². The van der Waals surface area contributed by atoms with E-state index in [2.05, 4.69) is 10.6 Å². The number of amides is 2. The fourth-order valence-corrected chi connectivity index (χ4v) is 3.68. The zero-order valence-electron chi connectivity index (χ0n) is 20.8. The molecule has 0 bridgehead atoms. The van der Waals surface area contributed by atoms with Crippen LogP contribution in [0, 0.1) is 34.1 Å². The maximum Gasteiger partial charge on any atom is 0.270 e. The Morgan fingerprint density at radius 2 is 0.974 bits per heavy atom. The van der Waals surface area contributed by atoms with E-state index in [1.807, 2.05) is 0 Å². The van der Waals surface area contributed by atoms with Gasteiger partial charge in [0.2, 0.25) is 0 Å². The van der Waals surface area contributed by atoms with Gasteiger partial charge in [-0.1, -0.05) is 12.1 Å². The van der Waals surface area contributed by atoms with Gasteiger partial charge in [-0.05, 0) is 73.5 Å². The Kier molecular flexibility index (Phi) is 7.62. The lowest BCUT2D eigenvalue weighted by molar-refractivity contribution is -0.385. The van der Waals surface area contributed by atoms with E-state index in [0.717, 1.165) is 0 Å². The van der Waals surface area contributed by atoms with Gasteiger partial charge in [-0.3, -0.25) is 29.8 Å². The van der Waals surface area contributed by atoms with E-state index in [1.54, 1.807) is 62.4 Å². The minimum atomic E-state index is -0.555. The molecule has 0 heterocycles. The predicted octanol–water partition coefficient (Wildman–Crippen LogP) is 6.42. The molecular formula is C28H22N4O7. The molecule has 0 spiro atoms.